The predicted octanol–water partition coefficient (Wildman–Crippen LogP) is 2.57. The van der Waals surface area contributed by atoms with Gasteiger partial charge in [0.2, 0.25) is 5.91 Å². The summed E-state index contributed by atoms with van der Waals surface area (Å²) < 4.78 is 38.9. The molecular formula is C15H19ClF3N3O2. The summed E-state index contributed by atoms with van der Waals surface area (Å²) in [6, 6.07) is 2.72. The van der Waals surface area contributed by atoms with Crippen LogP contribution in [-0.2, 0) is 11.0 Å². The Morgan fingerprint density at radius 3 is 2.50 bits per heavy atom. The monoisotopic (exact) mass is 365 g/mol. The molecule has 2 amide bonds. The van der Waals surface area contributed by atoms with Crippen molar-refractivity contribution in [3.8, 4) is 0 Å². The van der Waals surface area contributed by atoms with Crippen molar-refractivity contribution >= 4 is 29.9 Å². The van der Waals surface area contributed by atoms with E-state index in [1.54, 1.807) is 0 Å². The van der Waals surface area contributed by atoms with Crippen LogP contribution in [0.5, 0.6) is 0 Å². The van der Waals surface area contributed by atoms with Gasteiger partial charge < -0.3 is 16.0 Å². The minimum Gasteiger partial charge on any atom is -0.348 e. The number of carbonyl (C=O) groups is 2. The Kier molecular flexibility index (Phi) is 7.04. The predicted molar refractivity (Wildman–Crippen MR) is 86.4 cm³/mol. The second-order valence-electron chi connectivity index (χ2n) is 5.49. The molecule has 2 rings (SSSR count). The molecule has 24 heavy (non-hydrogen) atoms. The number of nitrogens with one attached hydrogen (secondary N) is 3. The van der Waals surface area contributed by atoms with E-state index in [0.717, 1.165) is 31.5 Å². The number of hydrogen-bond donors (Lipinski definition) is 3. The van der Waals surface area contributed by atoms with E-state index in [0.29, 0.717) is 6.54 Å². The molecule has 0 spiro atoms. The first-order valence-corrected chi connectivity index (χ1v) is 7.27. The van der Waals surface area contributed by atoms with Crippen molar-refractivity contribution in [1.29, 1.82) is 0 Å². The lowest BCUT2D eigenvalue weighted by Crippen LogP contribution is -2.45. The Morgan fingerprint density at radius 1 is 1.25 bits per heavy atom. The number of carbonyl (C=O) groups excluding carboxylic acids is 2. The average molecular weight is 366 g/mol. The maximum atomic E-state index is 13.0. The normalized spacial score (nSPS) is 17.6. The molecule has 0 aliphatic carbocycles. The zero-order chi connectivity index (χ0) is 17.0. The fraction of sp³-hybridized carbons (Fsp3) is 0.467. The lowest BCUT2D eigenvalue weighted by atomic mass is 10.0. The first kappa shape index (κ1) is 20.2. The Bertz CT molecular complexity index is 602. The van der Waals surface area contributed by atoms with Crippen LogP contribution in [0, 0.1) is 0 Å². The highest BCUT2D eigenvalue weighted by Crippen LogP contribution is 2.32. The first-order chi connectivity index (χ1) is 10.8. The number of rotatable bonds is 3. The maximum absolute atomic E-state index is 13.0. The summed E-state index contributed by atoms with van der Waals surface area (Å²) in [5.41, 5.74) is -1.16. The van der Waals surface area contributed by atoms with Gasteiger partial charge in [-0.3, -0.25) is 9.59 Å². The van der Waals surface area contributed by atoms with E-state index in [2.05, 4.69) is 16.0 Å². The molecule has 1 fully saturated rings. The van der Waals surface area contributed by atoms with Crippen molar-refractivity contribution in [2.75, 3.05) is 18.4 Å². The molecule has 1 heterocycles. The van der Waals surface area contributed by atoms with Gasteiger partial charge in [-0.15, -0.1) is 12.4 Å². The lowest BCUT2D eigenvalue weighted by molar-refractivity contribution is -0.137. The van der Waals surface area contributed by atoms with Gasteiger partial charge in [-0.25, -0.2) is 0 Å². The third kappa shape index (κ3) is 5.68. The van der Waals surface area contributed by atoms with Crippen molar-refractivity contribution in [1.82, 2.24) is 10.6 Å². The number of halogens is 4. The quantitative estimate of drug-likeness (QED) is 0.771. The number of piperidine rings is 1. The topological polar surface area (TPSA) is 70.2 Å². The summed E-state index contributed by atoms with van der Waals surface area (Å²) in [6.45, 7) is 2.64. The number of anilines is 1. The van der Waals surface area contributed by atoms with E-state index in [4.69, 9.17) is 0 Å². The molecule has 1 aromatic rings. The highest BCUT2D eigenvalue weighted by atomic mass is 35.5. The number of amides is 2. The van der Waals surface area contributed by atoms with Crippen LogP contribution in [0.3, 0.4) is 0 Å². The van der Waals surface area contributed by atoms with Gasteiger partial charge in [-0.05, 0) is 37.6 Å². The molecule has 1 unspecified atom stereocenters. The van der Waals surface area contributed by atoms with E-state index in [1.165, 1.54) is 13.0 Å². The Morgan fingerprint density at radius 2 is 1.96 bits per heavy atom. The van der Waals surface area contributed by atoms with Crippen LogP contribution in [0.15, 0.2) is 18.2 Å². The Balaban J connectivity index is 0.00000288. The third-order valence-electron chi connectivity index (χ3n) is 3.47. The van der Waals surface area contributed by atoms with Gasteiger partial charge in [0.05, 0.1) is 5.56 Å². The fourth-order valence-electron chi connectivity index (χ4n) is 2.44. The van der Waals surface area contributed by atoms with Crippen molar-refractivity contribution in [3.05, 3.63) is 29.3 Å². The summed E-state index contributed by atoms with van der Waals surface area (Å²) in [7, 11) is 0. The Hall–Kier alpha value is -1.80. The minimum absolute atomic E-state index is 0. The van der Waals surface area contributed by atoms with E-state index in [9.17, 15) is 22.8 Å². The molecule has 1 aliphatic heterocycles. The molecule has 0 aromatic heterocycles. The third-order valence-corrected chi connectivity index (χ3v) is 3.47. The molecule has 1 aromatic carbocycles. The maximum Gasteiger partial charge on any atom is 0.416 e. The fourth-order valence-corrected chi connectivity index (χ4v) is 2.44. The van der Waals surface area contributed by atoms with E-state index in [1.807, 2.05) is 0 Å². The molecule has 134 valence electrons. The summed E-state index contributed by atoms with van der Waals surface area (Å²) in [4.78, 5) is 23.3. The van der Waals surface area contributed by atoms with Crippen LogP contribution < -0.4 is 16.0 Å². The van der Waals surface area contributed by atoms with Gasteiger partial charge in [0.1, 0.15) is 0 Å². The van der Waals surface area contributed by atoms with Crippen LogP contribution >= 0.6 is 12.4 Å². The molecule has 0 saturated carbocycles. The largest absolute Gasteiger partial charge is 0.416 e. The highest BCUT2D eigenvalue weighted by Gasteiger charge is 2.32. The molecule has 5 nitrogen and oxygen atoms in total. The number of benzene rings is 1. The molecule has 0 bridgehead atoms. The van der Waals surface area contributed by atoms with Gasteiger partial charge in [-0.2, -0.15) is 13.2 Å². The molecule has 1 aliphatic rings. The second-order valence-corrected chi connectivity index (χ2v) is 5.49. The van der Waals surface area contributed by atoms with Crippen LogP contribution in [-0.4, -0.2) is 30.9 Å². The summed E-state index contributed by atoms with van der Waals surface area (Å²) in [5.74, 6) is -1.09. The van der Waals surface area contributed by atoms with Crippen LogP contribution in [0.2, 0.25) is 0 Å². The SMILES string of the molecule is CC(=O)Nc1cc(C(=O)NC2CCCNC2)cc(C(F)(F)F)c1.Cl. The zero-order valence-electron chi connectivity index (χ0n) is 13.0. The van der Waals surface area contributed by atoms with Gasteiger partial charge in [-0.1, -0.05) is 0 Å². The molecule has 0 radical (unpaired) electrons. The highest BCUT2D eigenvalue weighted by molar-refractivity contribution is 5.97. The first-order valence-electron chi connectivity index (χ1n) is 7.27. The minimum atomic E-state index is -4.60. The summed E-state index contributed by atoms with van der Waals surface area (Å²) in [6.07, 6.45) is -2.93. The standard InChI is InChI=1S/C15H18F3N3O2.ClH/c1-9(22)20-13-6-10(5-11(7-13)15(16,17)18)14(23)21-12-3-2-4-19-8-12;/h5-7,12,19H,2-4,8H2,1H3,(H,20,22)(H,21,23);1H. The van der Waals surface area contributed by atoms with Crippen molar-refractivity contribution in [2.24, 2.45) is 0 Å². The second kappa shape index (κ2) is 8.34. The zero-order valence-corrected chi connectivity index (χ0v) is 13.8. The lowest BCUT2D eigenvalue weighted by Gasteiger charge is -2.24. The van der Waals surface area contributed by atoms with E-state index in [-0.39, 0.29) is 29.7 Å². The van der Waals surface area contributed by atoms with Crippen LogP contribution in [0.4, 0.5) is 18.9 Å². The van der Waals surface area contributed by atoms with Crippen molar-refractivity contribution < 1.29 is 22.8 Å². The van der Waals surface area contributed by atoms with Crippen LogP contribution in [0.1, 0.15) is 35.7 Å². The number of alkyl halides is 3. The Labute approximate surface area is 143 Å². The molecular weight excluding hydrogens is 347 g/mol. The number of hydrogen-bond acceptors (Lipinski definition) is 3. The van der Waals surface area contributed by atoms with E-state index < -0.39 is 23.6 Å². The van der Waals surface area contributed by atoms with Gasteiger partial charge in [0.15, 0.2) is 0 Å². The summed E-state index contributed by atoms with van der Waals surface area (Å²) >= 11 is 0. The van der Waals surface area contributed by atoms with Gasteiger partial charge in [0, 0.05) is 30.8 Å². The van der Waals surface area contributed by atoms with Crippen LogP contribution in [0.25, 0.3) is 0 Å². The van der Waals surface area contributed by atoms with Gasteiger partial charge >= 0.3 is 6.18 Å². The average Bonchev–Trinajstić information content (AvgIpc) is 2.46. The molecule has 9 heteroatoms. The van der Waals surface area contributed by atoms with E-state index >= 15 is 0 Å². The summed E-state index contributed by atoms with van der Waals surface area (Å²) in [5, 5.41) is 8.11. The molecule has 1 atom stereocenters. The van der Waals surface area contributed by atoms with Crippen molar-refractivity contribution in [2.45, 2.75) is 32.0 Å². The van der Waals surface area contributed by atoms with Crippen molar-refractivity contribution in [3.63, 3.8) is 0 Å². The smallest absolute Gasteiger partial charge is 0.348 e. The molecule has 1 saturated heterocycles. The molecule has 3 N–H and O–H groups in total. The van der Waals surface area contributed by atoms with Gasteiger partial charge in [0.25, 0.3) is 5.91 Å².